The number of ether oxygens (including phenoxy) is 1. The molecule has 7 heteroatoms. The van der Waals surface area contributed by atoms with E-state index in [1.54, 1.807) is 6.92 Å². The Morgan fingerprint density at radius 2 is 1.62 bits per heavy atom. The summed E-state index contributed by atoms with van der Waals surface area (Å²) in [5.74, 6) is -4.20. The highest BCUT2D eigenvalue weighted by Gasteiger charge is 2.47. The van der Waals surface area contributed by atoms with Gasteiger partial charge in [0.25, 0.3) is 11.8 Å². The molecule has 0 bridgehead atoms. The van der Waals surface area contributed by atoms with E-state index in [1.807, 2.05) is 0 Å². The standard InChI is InChI=1S/C9H12N2O5/c1-4-16-8(14)5-6(12)10(2)9(15)11(3)7(5)13/h5H,4H2,1-3H3. The van der Waals surface area contributed by atoms with Crippen LogP contribution in [-0.2, 0) is 19.1 Å². The zero-order valence-electron chi connectivity index (χ0n) is 9.22. The van der Waals surface area contributed by atoms with Gasteiger partial charge < -0.3 is 4.74 Å². The van der Waals surface area contributed by atoms with Gasteiger partial charge in [-0.25, -0.2) is 4.79 Å². The lowest BCUT2D eigenvalue weighted by Crippen LogP contribution is -2.59. The smallest absolute Gasteiger partial charge is 0.332 e. The predicted molar refractivity (Wildman–Crippen MR) is 51.1 cm³/mol. The SMILES string of the molecule is CCOC(=O)C1C(=O)N(C)C(=O)N(C)C1=O. The average molecular weight is 228 g/mol. The highest BCUT2D eigenvalue weighted by Crippen LogP contribution is 2.16. The predicted octanol–water partition coefficient (Wildman–Crippen LogP) is -0.784. The Balaban J connectivity index is 3.00. The van der Waals surface area contributed by atoms with Crippen molar-refractivity contribution in [3.8, 4) is 0 Å². The van der Waals surface area contributed by atoms with E-state index in [2.05, 4.69) is 4.74 Å². The Hall–Kier alpha value is -1.92. The summed E-state index contributed by atoms with van der Waals surface area (Å²) in [6, 6.07) is -0.754. The van der Waals surface area contributed by atoms with E-state index in [1.165, 1.54) is 14.1 Å². The molecule has 0 aromatic carbocycles. The van der Waals surface area contributed by atoms with E-state index in [4.69, 9.17) is 0 Å². The average Bonchev–Trinajstić information content (AvgIpc) is 2.24. The Labute approximate surface area is 91.9 Å². The molecule has 1 fully saturated rings. The summed E-state index contributed by atoms with van der Waals surface area (Å²) in [4.78, 5) is 47.3. The fourth-order valence-corrected chi connectivity index (χ4v) is 1.33. The van der Waals surface area contributed by atoms with Crippen molar-refractivity contribution in [1.82, 2.24) is 9.80 Å². The van der Waals surface area contributed by atoms with Crippen LogP contribution in [0.1, 0.15) is 6.92 Å². The van der Waals surface area contributed by atoms with Crippen LogP contribution in [0, 0.1) is 5.92 Å². The van der Waals surface area contributed by atoms with Crippen LogP contribution in [0.25, 0.3) is 0 Å². The molecule has 0 radical (unpaired) electrons. The molecule has 0 saturated carbocycles. The van der Waals surface area contributed by atoms with Crippen molar-refractivity contribution in [1.29, 1.82) is 0 Å². The normalized spacial score (nSPS) is 18.1. The van der Waals surface area contributed by atoms with E-state index in [-0.39, 0.29) is 6.61 Å². The molecule has 16 heavy (non-hydrogen) atoms. The number of rotatable bonds is 2. The molecule has 0 unspecified atom stereocenters. The van der Waals surface area contributed by atoms with Gasteiger partial charge in [-0.3, -0.25) is 24.2 Å². The third-order valence-electron chi connectivity index (χ3n) is 2.25. The van der Waals surface area contributed by atoms with Gasteiger partial charge in [0.05, 0.1) is 6.61 Å². The van der Waals surface area contributed by atoms with Crippen molar-refractivity contribution in [2.24, 2.45) is 5.92 Å². The number of urea groups is 1. The molecule has 0 aromatic heterocycles. The van der Waals surface area contributed by atoms with Gasteiger partial charge >= 0.3 is 12.0 Å². The third-order valence-corrected chi connectivity index (χ3v) is 2.25. The first-order valence-corrected chi connectivity index (χ1v) is 4.67. The summed E-state index contributed by atoms with van der Waals surface area (Å²) in [6.45, 7) is 1.63. The first kappa shape index (κ1) is 12.2. The zero-order chi connectivity index (χ0) is 12.5. The van der Waals surface area contributed by atoms with Crippen LogP contribution in [-0.4, -0.2) is 54.3 Å². The molecule has 0 atom stereocenters. The van der Waals surface area contributed by atoms with Crippen LogP contribution >= 0.6 is 0 Å². The summed E-state index contributed by atoms with van der Waals surface area (Å²) in [5.41, 5.74) is 0. The third kappa shape index (κ3) is 1.75. The number of hydrogen-bond donors (Lipinski definition) is 0. The van der Waals surface area contributed by atoms with Crippen molar-refractivity contribution in [2.45, 2.75) is 6.92 Å². The van der Waals surface area contributed by atoms with E-state index < -0.39 is 29.7 Å². The molecule has 4 amide bonds. The van der Waals surface area contributed by atoms with Crippen molar-refractivity contribution >= 4 is 23.8 Å². The fraction of sp³-hybridized carbons (Fsp3) is 0.556. The minimum Gasteiger partial charge on any atom is -0.465 e. The van der Waals surface area contributed by atoms with Crippen LogP contribution in [0.4, 0.5) is 4.79 Å². The number of amides is 4. The van der Waals surface area contributed by atoms with Crippen LogP contribution in [0.5, 0.6) is 0 Å². The van der Waals surface area contributed by atoms with Gasteiger partial charge in [0.15, 0.2) is 0 Å². The van der Waals surface area contributed by atoms with Crippen LogP contribution in [0.2, 0.25) is 0 Å². The van der Waals surface area contributed by atoms with Gasteiger partial charge in [-0.15, -0.1) is 0 Å². The van der Waals surface area contributed by atoms with Crippen molar-refractivity contribution in [2.75, 3.05) is 20.7 Å². The fourth-order valence-electron chi connectivity index (χ4n) is 1.33. The number of carbonyl (C=O) groups excluding carboxylic acids is 4. The summed E-state index contributed by atoms with van der Waals surface area (Å²) >= 11 is 0. The van der Waals surface area contributed by atoms with Gasteiger partial charge in [-0.2, -0.15) is 0 Å². The number of nitrogens with zero attached hydrogens (tertiary/aromatic N) is 2. The summed E-state index contributed by atoms with van der Waals surface area (Å²) in [7, 11) is 2.42. The second kappa shape index (κ2) is 4.30. The Morgan fingerprint density at radius 3 is 2.00 bits per heavy atom. The quantitative estimate of drug-likeness (QED) is 0.457. The highest BCUT2D eigenvalue weighted by molar-refractivity contribution is 6.24. The molecule has 1 aliphatic heterocycles. The molecule has 1 aliphatic rings. The number of imide groups is 2. The van der Waals surface area contributed by atoms with E-state index in [0.29, 0.717) is 0 Å². The minimum atomic E-state index is -1.56. The van der Waals surface area contributed by atoms with Gasteiger partial charge in [-0.1, -0.05) is 0 Å². The molecule has 0 spiro atoms. The number of esters is 1. The second-order valence-corrected chi connectivity index (χ2v) is 3.26. The molecule has 88 valence electrons. The molecule has 1 rings (SSSR count). The van der Waals surface area contributed by atoms with Gasteiger partial charge in [0, 0.05) is 14.1 Å². The first-order chi connectivity index (χ1) is 7.41. The lowest BCUT2D eigenvalue weighted by atomic mass is 10.0. The van der Waals surface area contributed by atoms with Gasteiger partial charge in [-0.05, 0) is 6.92 Å². The number of carbonyl (C=O) groups is 4. The highest BCUT2D eigenvalue weighted by atomic mass is 16.5. The molecule has 1 saturated heterocycles. The first-order valence-electron chi connectivity index (χ1n) is 4.67. The molecule has 1 heterocycles. The van der Waals surface area contributed by atoms with Crippen LogP contribution < -0.4 is 0 Å². The second-order valence-electron chi connectivity index (χ2n) is 3.26. The Morgan fingerprint density at radius 1 is 1.19 bits per heavy atom. The van der Waals surface area contributed by atoms with Crippen molar-refractivity contribution in [3.05, 3.63) is 0 Å². The lowest BCUT2D eigenvalue weighted by molar-refractivity contribution is -0.162. The van der Waals surface area contributed by atoms with Gasteiger partial charge in [0.2, 0.25) is 5.92 Å². The van der Waals surface area contributed by atoms with Crippen LogP contribution in [0.15, 0.2) is 0 Å². The van der Waals surface area contributed by atoms with E-state index in [9.17, 15) is 19.2 Å². The number of barbiturate groups is 1. The summed E-state index contributed by atoms with van der Waals surface area (Å²) < 4.78 is 4.61. The van der Waals surface area contributed by atoms with E-state index >= 15 is 0 Å². The Kier molecular flexibility index (Phi) is 3.26. The van der Waals surface area contributed by atoms with E-state index in [0.717, 1.165) is 9.80 Å². The van der Waals surface area contributed by atoms with Crippen molar-refractivity contribution in [3.63, 3.8) is 0 Å². The monoisotopic (exact) mass is 228 g/mol. The molecule has 0 aromatic rings. The molecule has 7 nitrogen and oxygen atoms in total. The van der Waals surface area contributed by atoms with Crippen LogP contribution in [0.3, 0.4) is 0 Å². The summed E-state index contributed by atoms with van der Waals surface area (Å²) in [5, 5.41) is 0. The molecule has 0 N–H and O–H groups in total. The van der Waals surface area contributed by atoms with Crippen molar-refractivity contribution < 1.29 is 23.9 Å². The lowest BCUT2D eigenvalue weighted by Gasteiger charge is -2.31. The maximum atomic E-state index is 11.6. The largest absolute Gasteiger partial charge is 0.465 e. The Bertz CT molecular complexity index is 341. The maximum Gasteiger partial charge on any atom is 0.332 e. The topological polar surface area (TPSA) is 84.0 Å². The minimum absolute atomic E-state index is 0.0667. The van der Waals surface area contributed by atoms with Gasteiger partial charge in [0.1, 0.15) is 0 Å². The molecular weight excluding hydrogens is 216 g/mol. The molecular formula is C9H12N2O5. The maximum absolute atomic E-state index is 11.6. The molecule has 0 aliphatic carbocycles. The summed E-state index contributed by atoms with van der Waals surface area (Å²) in [6.07, 6.45) is 0. The zero-order valence-corrected chi connectivity index (χ0v) is 9.22. The number of hydrogen-bond acceptors (Lipinski definition) is 5.